The van der Waals surface area contributed by atoms with Crippen molar-refractivity contribution in [3.05, 3.63) is 29.6 Å². The molecule has 1 unspecified atom stereocenters. The maximum absolute atomic E-state index is 13.3. The van der Waals surface area contributed by atoms with E-state index in [1.165, 1.54) is 5.56 Å². The van der Waals surface area contributed by atoms with Crippen LogP contribution in [0.1, 0.15) is 31.7 Å². The Bertz CT molecular complexity index is 376. The van der Waals surface area contributed by atoms with Gasteiger partial charge in [-0.1, -0.05) is 6.07 Å². The van der Waals surface area contributed by atoms with Gasteiger partial charge in [-0.05, 0) is 44.5 Å². The Morgan fingerprint density at radius 3 is 2.88 bits per heavy atom. The fraction of sp³-hybridized carbons (Fsp3) is 0.538. The number of anilines is 1. The number of benzene rings is 1. The lowest BCUT2D eigenvalue weighted by Gasteiger charge is -2.24. The highest BCUT2D eigenvalue weighted by Gasteiger charge is 2.29. The summed E-state index contributed by atoms with van der Waals surface area (Å²) in [6.45, 7) is 5.93. The third-order valence-electron chi connectivity index (χ3n) is 3.30. The van der Waals surface area contributed by atoms with E-state index in [9.17, 15) is 4.39 Å². The molecule has 2 N–H and O–H groups in total. The predicted molar refractivity (Wildman–Crippen MR) is 65.3 cm³/mol. The summed E-state index contributed by atoms with van der Waals surface area (Å²) in [5, 5.41) is 0. The largest absolute Gasteiger partial charge is 0.368 e. The van der Waals surface area contributed by atoms with Crippen molar-refractivity contribution in [3.8, 4) is 0 Å². The van der Waals surface area contributed by atoms with E-state index >= 15 is 0 Å². The molecule has 2 nitrogen and oxygen atoms in total. The Morgan fingerprint density at radius 2 is 2.25 bits per heavy atom. The molecule has 3 heteroatoms. The number of rotatable bonds is 3. The summed E-state index contributed by atoms with van der Waals surface area (Å²) in [5.74, 6) is 0.306. The van der Waals surface area contributed by atoms with Crippen molar-refractivity contribution < 1.29 is 4.39 Å². The van der Waals surface area contributed by atoms with Crippen molar-refractivity contribution in [2.45, 2.75) is 32.2 Å². The summed E-state index contributed by atoms with van der Waals surface area (Å²) < 4.78 is 13.3. The van der Waals surface area contributed by atoms with Gasteiger partial charge in [0, 0.05) is 24.2 Å². The summed E-state index contributed by atoms with van der Waals surface area (Å²) >= 11 is 0. The van der Waals surface area contributed by atoms with Crippen LogP contribution in [-0.4, -0.2) is 19.1 Å². The molecule has 0 amide bonds. The first-order chi connectivity index (χ1) is 7.63. The van der Waals surface area contributed by atoms with Gasteiger partial charge in [0.15, 0.2) is 0 Å². The van der Waals surface area contributed by atoms with Crippen LogP contribution in [0.15, 0.2) is 18.2 Å². The molecule has 0 radical (unpaired) electrons. The maximum atomic E-state index is 13.3. The molecule has 1 aliphatic heterocycles. The van der Waals surface area contributed by atoms with Gasteiger partial charge < -0.3 is 10.6 Å². The van der Waals surface area contributed by atoms with Gasteiger partial charge in [0.1, 0.15) is 5.82 Å². The first-order valence-corrected chi connectivity index (χ1v) is 5.89. The van der Waals surface area contributed by atoms with Crippen LogP contribution in [0.5, 0.6) is 0 Å². The third-order valence-corrected chi connectivity index (χ3v) is 3.30. The van der Waals surface area contributed by atoms with Gasteiger partial charge >= 0.3 is 0 Å². The molecule has 0 aromatic heterocycles. The van der Waals surface area contributed by atoms with E-state index in [1.54, 1.807) is 12.1 Å². The summed E-state index contributed by atoms with van der Waals surface area (Å²) in [7, 11) is 0. The monoisotopic (exact) mass is 222 g/mol. The van der Waals surface area contributed by atoms with E-state index in [-0.39, 0.29) is 5.82 Å². The van der Waals surface area contributed by atoms with Crippen molar-refractivity contribution in [2.24, 2.45) is 5.73 Å². The van der Waals surface area contributed by atoms with Gasteiger partial charge in [0.05, 0.1) is 0 Å². The smallest absolute Gasteiger partial charge is 0.125 e. The fourth-order valence-electron chi connectivity index (χ4n) is 2.48. The zero-order valence-corrected chi connectivity index (χ0v) is 9.91. The maximum Gasteiger partial charge on any atom is 0.125 e. The van der Waals surface area contributed by atoms with E-state index in [0.29, 0.717) is 18.5 Å². The predicted octanol–water partition coefficient (Wildman–Crippen LogP) is 2.49. The highest BCUT2D eigenvalue weighted by atomic mass is 19.1. The number of nitrogens with zero attached hydrogens (tertiary/aromatic N) is 1. The molecule has 0 spiro atoms. The molecule has 0 fully saturated rings. The number of nitrogens with two attached hydrogens (primary N) is 1. The van der Waals surface area contributed by atoms with Gasteiger partial charge in [-0.15, -0.1) is 0 Å². The quantitative estimate of drug-likeness (QED) is 0.851. The zero-order valence-electron chi connectivity index (χ0n) is 9.91. The van der Waals surface area contributed by atoms with E-state index in [2.05, 4.69) is 18.7 Å². The van der Waals surface area contributed by atoms with Crippen molar-refractivity contribution in [1.82, 2.24) is 0 Å². The summed E-state index contributed by atoms with van der Waals surface area (Å²) in [4.78, 5) is 2.26. The molecule has 1 heterocycles. The van der Waals surface area contributed by atoms with Crippen LogP contribution < -0.4 is 10.6 Å². The highest BCUT2D eigenvalue weighted by molar-refractivity contribution is 5.61. The first-order valence-electron chi connectivity index (χ1n) is 5.89. The van der Waals surface area contributed by atoms with E-state index < -0.39 is 0 Å². The van der Waals surface area contributed by atoms with Crippen LogP contribution in [0.3, 0.4) is 0 Å². The molecule has 1 aliphatic rings. The molecule has 0 aliphatic carbocycles. The Balaban J connectivity index is 2.36. The normalized spacial score (nSPS) is 19.3. The summed E-state index contributed by atoms with van der Waals surface area (Å²) in [6, 6.07) is 5.51. The van der Waals surface area contributed by atoms with E-state index in [4.69, 9.17) is 5.73 Å². The average molecular weight is 222 g/mol. The van der Waals surface area contributed by atoms with E-state index in [0.717, 1.165) is 18.7 Å². The second-order valence-corrected chi connectivity index (χ2v) is 4.72. The van der Waals surface area contributed by atoms with Gasteiger partial charge in [-0.3, -0.25) is 0 Å². The van der Waals surface area contributed by atoms with Crippen molar-refractivity contribution in [2.75, 3.05) is 18.0 Å². The van der Waals surface area contributed by atoms with Crippen LogP contribution in [0.2, 0.25) is 0 Å². The lowest BCUT2D eigenvalue weighted by molar-refractivity contribution is 0.612. The third kappa shape index (κ3) is 1.92. The van der Waals surface area contributed by atoms with Gasteiger partial charge in [0.25, 0.3) is 0 Å². The number of hydrogen-bond donors (Lipinski definition) is 1. The van der Waals surface area contributed by atoms with Crippen LogP contribution in [0.25, 0.3) is 0 Å². The summed E-state index contributed by atoms with van der Waals surface area (Å²) in [5.41, 5.74) is 7.92. The second kappa shape index (κ2) is 4.42. The minimum absolute atomic E-state index is 0.155. The Hall–Kier alpha value is -1.09. The van der Waals surface area contributed by atoms with Gasteiger partial charge in [0.2, 0.25) is 0 Å². The Kier molecular flexibility index (Phi) is 3.15. The van der Waals surface area contributed by atoms with E-state index in [1.807, 2.05) is 6.07 Å². The number of hydrogen-bond acceptors (Lipinski definition) is 2. The standard InChI is InChI=1S/C13H19FN2/c1-9(2)16-8-10(5-6-15)12-4-3-11(14)7-13(12)16/h3-4,7,9-10H,5-6,8,15H2,1-2H3. The van der Waals surface area contributed by atoms with Crippen molar-refractivity contribution >= 4 is 5.69 Å². The lowest BCUT2D eigenvalue weighted by atomic mass is 9.98. The molecule has 0 bridgehead atoms. The van der Waals surface area contributed by atoms with Crippen LogP contribution in [-0.2, 0) is 0 Å². The topological polar surface area (TPSA) is 29.3 Å². The minimum Gasteiger partial charge on any atom is -0.368 e. The fourth-order valence-corrected chi connectivity index (χ4v) is 2.48. The highest BCUT2D eigenvalue weighted by Crippen LogP contribution is 2.39. The second-order valence-electron chi connectivity index (χ2n) is 4.72. The van der Waals surface area contributed by atoms with Gasteiger partial charge in [-0.2, -0.15) is 0 Å². The molecular formula is C13H19FN2. The molecule has 2 rings (SSSR count). The molecule has 0 saturated heterocycles. The number of halogens is 1. The minimum atomic E-state index is -0.155. The molecule has 0 saturated carbocycles. The molecule has 1 aromatic rings. The number of fused-ring (bicyclic) bond motifs is 1. The molecular weight excluding hydrogens is 203 g/mol. The lowest BCUT2D eigenvalue weighted by Crippen LogP contribution is -2.29. The van der Waals surface area contributed by atoms with Crippen LogP contribution in [0.4, 0.5) is 10.1 Å². The molecule has 1 atom stereocenters. The van der Waals surface area contributed by atoms with Crippen molar-refractivity contribution in [1.29, 1.82) is 0 Å². The molecule has 88 valence electrons. The zero-order chi connectivity index (χ0) is 11.7. The average Bonchev–Trinajstić information content (AvgIpc) is 2.57. The van der Waals surface area contributed by atoms with Gasteiger partial charge in [-0.25, -0.2) is 4.39 Å². The Morgan fingerprint density at radius 1 is 1.50 bits per heavy atom. The first kappa shape index (κ1) is 11.4. The Labute approximate surface area is 96.2 Å². The van der Waals surface area contributed by atoms with Crippen LogP contribution >= 0.6 is 0 Å². The molecule has 16 heavy (non-hydrogen) atoms. The summed E-state index contributed by atoms with van der Waals surface area (Å²) in [6.07, 6.45) is 0.974. The van der Waals surface area contributed by atoms with Crippen LogP contribution in [0, 0.1) is 5.82 Å². The molecule has 1 aromatic carbocycles. The SMILES string of the molecule is CC(C)N1CC(CCN)c2ccc(F)cc21. The van der Waals surface area contributed by atoms with Crippen molar-refractivity contribution in [3.63, 3.8) is 0 Å².